The van der Waals surface area contributed by atoms with Crippen LogP contribution in [0, 0.1) is 11.8 Å². The van der Waals surface area contributed by atoms with E-state index in [0.717, 1.165) is 11.6 Å². The molecule has 1 amide bonds. The summed E-state index contributed by atoms with van der Waals surface area (Å²) in [5.41, 5.74) is 0.858. The molecule has 0 aromatic heterocycles. The number of rotatable bonds is 4. The third kappa shape index (κ3) is 3.83. The van der Waals surface area contributed by atoms with E-state index in [9.17, 15) is 4.79 Å². The van der Waals surface area contributed by atoms with E-state index in [-0.39, 0.29) is 11.9 Å². The van der Waals surface area contributed by atoms with Gasteiger partial charge in [0.25, 0.3) is 0 Å². The smallest absolute Gasteiger partial charge is 0.241 e. The number of carbonyl (C=O) groups excluding carboxylic acids is 1. The van der Waals surface area contributed by atoms with Crippen LogP contribution in [0.15, 0.2) is 30.3 Å². The van der Waals surface area contributed by atoms with Gasteiger partial charge in [0.2, 0.25) is 5.91 Å². The summed E-state index contributed by atoms with van der Waals surface area (Å²) >= 11 is 0. The van der Waals surface area contributed by atoms with Crippen molar-refractivity contribution in [3.63, 3.8) is 0 Å². The summed E-state index contributed by atoms with van der Waals surface area (Å²) in [4.78, 5) is 12.2. The van der Waals surface area contributed by atoms with Crippen molar-refractivity contribution in [3.8, 4) is 0 Å². The molecule has 1 aromatic carbocycles. The molecule has 0 spiro atoms. The van der Waals surface area contributed by atoms with E-state index in [1.807, 2.05) is 37.3 Å². The zero-order valence-electron chi connectivity index (χ0n) is 12.7. The Morgan fingerprint density at radius 3 is 2.60 bits per heavy atom. The zero-order chi connectivity index (χ0) is 14.5. The van der Waals surface area contributed by atoms with Crippen LogP contribution in [-0.2, 0) is 4.79 Å². The van der Waals surface area contributed by atoms with Crippen LogP contribution in [-0.4, -0.2) is 18.0 Å². The van der Waals surface area contributed by atoms with Crippen LogP contribution < -0.4 is 10.6 Å². The summed E-state index contributed by atoms with van der Waals surface area (Å²) in [5, 5.41) is 6.46. The molecule has 0 saturated heterocycles. The molecule has 1 fully saturated rings. The number of hydrogen-bond acceptors (Lipinski definition) is 2. The van der Waals surface area contributed by atoms with E-state index in [2.05, 4.69) is 24.5 Å². The summed E-state index contributed by atoms with van der Waals surface area (Å²) in [6, 6.07) is 9.93. The summed E-state index contributed by atoms with van der Waals surface area (Å²) in [6.07, 6.45) is 3.74. The van der Waals surface area contributed by atoms with Gasteiger partial charge in [-0.3, -0.25) is 4.79 Å². The maximum absolute atomic E-state index is 12.2. The second-order valence-electron chi connectivity index (χ2n) is 6.12. The fraction of sp³-hybridized carbons (Fsp3) is 0.588. The molecule has 1 saturated carbocycles. The van der Waals surface area contributed by atoms with Crippen molar-refractivity contribution in [2.45, 2.75) is 52.1 Å². The maximum Gasteiger partial charge on any atom is 0.241 e. The molecule has 0 aliphatic heterocycles. The number of carbonyl (C=O) groups is 1. The molecule has 4 atom stereocenters. The van der Waals surface area contributed by atoms with Crippen LogP contribution in [0.25, 0.3) is 0 Å². The Balaban J connectivity index is 1.87. The van der Waals surface area contributed by atoms with E-state index >= 15 is 0 Å². The summed E-state index contributed by atoms with van der Waals surface area (Å²) in [7, 11) is 0. The Bertz CT molecular complexity index is 432. The fourth-order valence-electron chi connectivity index (χ4n) is 2.99. The molecule has 110 valence electrons. The van der Waals surface area contributed by atoms with E-state index < -0.39 is 0 Å². The van der Waals surface area contributed by atoms with Gasteiger partial charge in [-0.2, -0.15) is 0 Å². The predicted octanol–water partition coefficient (Wildman–Crippen LogP) is 3.43. The van der Waals surface area contributed by atoms with Crippen molar-refractivity contribution in [1.82, 2.24) is 5.32 Å². The Hall–Kier alpha value is -1.35. The molecule has 0 bridgehead atoms. The monoisotopic (exact) mass is 274 g/mol. The van der Waals surface area contributed by atoms with Crippen LogP contribution in [0.3, 0.4) is 0 Å². The molecule has 2 N–H and O–H groups in total. The van der Waals surface area contributed by atoms with Gasteiger partial charge < -0.3 is 10.6 Å². The van der Waals surface area contributed by atoms with E-state index in [4.69, 9.17) is 0 Å². The quantitative estimate of drug-likeness (QED) is 0.883. The topological polar surface area (TPSA) is 41.1 Å². The van der Waals surface area contributed by atoms with Gasteiger partial charge in [0.1, 0.15) is 0 Å². The van der Waals surface area contributed by atoms with Crippen molar-refractivity contribution >= 4 is 11.6 Å². The molecule has 0 radical (unpaired) electrons. The average Bonchev–Trinajstić information content (AvgIpc) is 2.45. The molecule has 3 heteroatoms. The van der Waals surface area contributed by atoms with Gasteiger partial charge in [0.05, 0.1) is 6.04 Å². The van der Waals surface area contributed by atoms with Crippen molar-refractivity contribution in [3.05, 3.63) is 30.3 Å². The van der Waals surface area contributed by atoms with Gasteiger partial charge in [-0.1, -0.05) is 44.9 Å². The molecular weight excluding hydrogens is 248 g/mol. The van der Waals surface area contributed by atoms with Gasteiger partial charge >= 0.3 is 0 Å². The first kappa shape index (κ1) is 15.0. The molecule has 1 aliphatic rings. The third-order valence-electron chi connectivity index (χ3n) is 4.61. The highest BCUT2D eigenvalue weighted by Crippen LogP contribution is 2.29. The molecule has 3 nitrogen and oxygen atoms in total. The minimum absolute atomic E-state index is 0.0432. The average molecular weight is 274 g/mol. The normalized spacial score (nSPS) is 27.9. The van der Waals surface area contributed by atoms with Gasteiger partial charge in [-0.25, -0.2) is 0 Å². The second kappa shape index (κ2) is 6.89. The van der Waals surface area contributed by atoms with Crippen LogP contribution in [0.2, 0.25) is 0 Å². The number of hydrogen-bond donors (Lipinski definition) is 2. The first-order valence-corrected chi connectivity index (χ1v) is 7.70. The molecule has 0 heterocycles. The van der Waals surface area contributed by atoms with Crippen LogP contribution in [0.5, 0.6) is 0 Å². The number of anilines is 1. The lowest BCUT2D eigenvalue weighted by Crippen LogP contribution is -2.49. The standard InChI is InChI=1S/C17H26N2O/c1-12-8-7-11-16(13(12)2)18-14(3)17(20)19-15-9-5-4-6-10-15/h4-6,9-10,12-14,16,18H,7-8,11H2,1-3H3,(H,19,20)/t12-,13+,14-,16-/m0/s1. The SMILES string of the molecule is C[C@H]1[C@@H](N[C@@H](C)C(=O)Nc2ccccc2)CCC[C@@H]1C. The lowest BCUT2D eigenvalue weighted by Gasteiger charge is -2.36. The van der Waals surface area contributed by atoms with Gasteiger partial charge in [-0.05, 0) is 37.3 Å². The minimum atomic E-state index is -0.159. The van der Waals surface area contributed by atoms with E-state index in [1.54, 1.807) is 0 Å². The molecule has 1 aromatic rings. The zero-order valence-corrected chi connectivity index (χ0v) is 12.7. The molecule has 0 unspecified atom stereocenters. The molecule has 20 heavy (non-hydrogen) atoms. The predicted molar refractivity (Wildman–Crippen MR) is 83.6 cm³/mol. The largest absolute Gasteiger partial charge is 0.325 e. The Morgan fingerprint density at radius 1 is 1.20 bits per heavy atom. The number of nitrogens with one attached hydrogen (secondary N) is 2. The van der Waals surface area contributed by atoms with Crippen molar-refractivity contribution in [1.29, 1.82) is 0 Å². The molecule has 1 aliphatic carbocycles. The maximum atomic E-state index is 12.2. The van der Waals surface area contributed by atoms with Crippen LogP contribution in [0.4, 0.5) is 5.69 Å². The van der Waals surface area contributed by atoms with E-state index in [1.165, 1.54) is 19.3 Å². The van der Waals surface area contributed by atoms with Gasteiger partial charge in [0.15, 0.2) is 0 Å². The summed E-state index contributed by atoms with van der Waals surface area (Å²) < 4.78 is 0. The van der Waals surface area contributed by atoms with Gasteiger partial charge in [0, 0.05) is 11.7 Å². The first-order valence-electron chi connectivity index (χ1n) is 7.70. The minimum Gasteiger partial charge on any atom is -0.325 e. The van der Waals surface area contributed by atoms with E-state index in [0.29, 0.717) is 12.0 Å². The molecule has 2 rings (SSSR count). The first-order chi connectivity index (χ1) is 9.58. The van der Waals surface area contributed by atoms with Crippen LogP contribution in [0.1, 0.15) is 40.0 Å². The number of amides is 1. The number of para-hydroxylation sites is 1. The second-order valence-corrected chi connectivity index (χ2v) is 6.12. The lowest BCUT2D eigenvalue weighted by molar-refractivity contribution is -0.118. The summed E-state index contributed by atoms with van der Waals surface area (Å²) in [6.45, 7) is 6.56. The van der Waals surface area contributed by atoms with Crippen molar-refractivity contribution in [2.24, 2.45) is 11.8 Å². The molecular formula is C17H26N2O. The van der Waals surface area contributed by atoms with Crippen molar-refractivity contribution in [2.75, 3.05) is 5.32 Å². The highest BCUT2D eigenvalue weighted by molar-refractivity contribution is 5.94. The highest BCUT2D eigenvalue weighted by Gasteiger charge is 2.29. The Kier molecular flexibility index (Phi) is 5.18. The fourth-order valence-corrected chi connectivity index (χ4v) is 2.99. The Morgan fingerprint density at radius 2 is 1.90 bits per heavy atom. The highest BCUT2D eigenvalue weighted by atomic mass is 16.2. The van der Waals surface area contributed by atoms with Gasteiger partial charge in [-0.15, -0.1) is 0 Å². The van der Waals surface area contributed by atoms with Crippen LogP contribution >= 0.6 is 0 Å². The third-order valence-corrected chi connectivity index (χ3v) is 4.61. The van der Waals surface area contributed by atoms with Crippen molar-refractivity contribution < 1.29 is 4.79 Å². The summed E-state index contributed by atoms with van der Waals surface area (Å²) in [5.74, 6) is 1.42. The Labute approximate surface area is 122 Å². The number of benzene rings is 1. The lowest BCUT2D eigenvalue weighted by atomic mass is 9.78.